The van der Waals surface area contributed by atoms with E-state index in [9.17, 15) is 9.59 Å². The predicted octanol–water partition coefficient (Wildman–Crippen LogP) is 5.51. The summed E-state index contributed by atoms with van der Waals surface area (Å²) in [6.07, 6.45) is 4.59. The number of ether oxygens (including phenoxy) is 1. The largest absolute Gasteiger partial charge is 0.497 e. The van der Waals surface area contributed by atoms with Gasteiger partial charge in [0, 0.05) is 11.1 Å². The Labute approximate surface area is 190 Å². The fourth-order valence-electron chi connectivity index (χ4n) is 2.90. The van der Waals surface area contributed by atoms with E-state index in [-0.39, 0.29) is 17.4 Å². The maximum Gasteiger partial charge on any atom is 0.257 e. The van der Waals surface area contributed by atoms with Crippen molar-refractivity contribution in [3.8, 4) is 5.75 Å². The van der Waals surface area contributed by atoms with Crippen molar-refractivity contribution in [3.63, 3.8) is 0 Å². The predicted molar refractivity (Wildman–Crippen MR) is 126 cm³/mol. The fourth-order valence-corrected chi connectivity index (χ4v) is 4.54. The van der Waals surface area contributed by atoms with Gasteiger partial charge < -0.3 is 4.74 Å². The first-order valence-electron chi connectivity index (χ1n) is 10.1. The number of Topliss-reactive ketones (excluding diaryl/α,β-unsaturated/α-hetero) is 1. The summed E-state index contributed by atoms with van der Waals surface area (Å²) in [5.74, 6) is 0.629. The molecule has 0 aliphatic carbocycles. The average molecular weight is 456 g/mol. The van der Waals surface area contributed by atoms with Crippen LogP contribution in [-0.2, 0) is 6.42 Å². The Bertz CT molecular complexity index is 1020. The van der Waals surface area contributed by atoms with Crippen molar-refractivity contribution < 1.29 is 14.3 Å². The normalized spacial score (nSPS) is 10.6. The lowest BCUT2D eigenvalue weighted by Gasteiger charge is -2.04. The fraction of sp³-hybridized carbons (Fsp3) is 0.304. The zero-order valence-corrected chi connectivity index (χ0v) is 19.2. The minimum Gasteiger partial charge on any atom is -0.497 e. The molecule has 0 fully saturated rings. The number of carbonyl (C=O) groups is 2. The molecule has 6 nitrogen and oxygen atoms in total. The van der Waals surface area contributed by atoms with Crippen LogP contribution in [0.5, 0.6) is 5.75 Å². The molecule has 0 saturated heterocycles. The van der Waals surface area contributed by atoms with Gasteiger partial charge in [-0.2, -0.15) is 0 Å². The smallest absolute Gasteiger partial charge is 0.257 e. The Morgan fingerprint density at radius 1 is 1.06 bits per heavy atom. The van der Waals surface area contributed by atoms with Crippen LogP contribution in [-0.4, -0.2) is 34.8 Å². The molecule has 1 N–H and O–H groups in total. The second-order valence-electron chi connectivity index (χ2n) is 6.93. The molecule has 0 aliphatic heterocycles. The molecule has 8 heteroatoms. The van der Waals surface area contributed by atoms with E-state index in [1.165, 1.54) is 41.5 Å². The van der Waals surface area contributed by atoms with E-state index in [1.807, 2.05) is 24.3 Å². The van der Waals surface area contributed by atoms with E-state index in [1.54, 1.807) is 31.4 Å². The third kappa shape index (κ3) is 6.90. The molecule has 0 aliphatic rings. The van der Waals surface area contributed by atoms with E-state index in [0.29, 0.717) is 26.3 Å². The van der Waals surface area contributed by atoms with Crippen LogP contribution in [0.2, 0.25) is 0 Å². The first kappa shape index (κ1) is 23.0. The number of amides is 1. The highest BCUT2D eigenvalue weighted by Crippen LogP contribution is 2.27. The molecule has 1 amide bonds. The Kier molecular flexibility index (Phi) is 8.61. The topological polar surface area (TPSA) is 81.2 Å². The van der Waals surface area contributed by atoms with Crippen molar-refractivity contribution in [2.45, 2.75) is 36.9 Å². The summed E-state index contributed by atoms with van der Waals surface area (Å²) < 4.78 is 5.78. The van der Waals surface area contributed by atoms with Crippen LogP contribution in [0.3, 0.4) is 0 Å². The third-order valence-electron chi connectivity index (χ3n) is 4.63. The van der Waals surface area contributed by atoms with E-state index < -0.39 is 0 Å². The molecular weight excluding hydrogens is 430 g/mol. The van der Waals surface area contributed by atoms with Crippen molar-refractivity contribution in [1.82, 2.24) is 10.2 Å². The highest BCUT2D eigenvalue weighted by atomic mass is 32.2. The number of aryl methyl sites for hydroxylation is 1. The van der Waals surface area contributed by atoms with E-state index in [2.05, 4.69) is 22.4 Å². The summed E-state index contributed by atoms with van der Waals surface area (Å²) in [5, 5.41) is 11.3. The lowest BCUT2D eigenvalue weighted by Crippen LogP contribution is -2.11. The Hall–Kier alpha value is -2.71. The number of benzene rings is 2. The molecule has 0 radical (unpaired) electrons. The molecule has 1 heterocycles. The molecule has 0 spiro atoms. The van der Waals surface area contributed by atoms with Crippen molar-refractivity contribution >= 4 is 39.9 Å². The summed E-state index contributed by atoms with van der Waals surface area (Å²) in [6, 6.07) is 14.7. The Morgan fingerprint density at radius 2 is 1.87 bits per heavy atom. The van der Waals surface area contributed by atoms with Crippen LogP contribution in [0.1, 0.15) is 52.5 Å². The first-order valence-corrected chi connectivity index (χ1v) is 11.9. The molecule has 0 unspecified atom stereocenters. The van der Waals surface area contributed by atoms with Crippen molar-refractivity contribution in [2.75, 3.05) is 18.2 Å². The van der Waals surface area contributed by atoms with Gasteiger partial charge in [0.15, 0.2) is 10.1 Å². The minimum absolute atomic E-state index is 0.0243. The van der Waals surface area contributed by atoms with Gasteiger partial charge in [0.1, 0.15) is 5.75 Å². The van der Waals surface area contributed by atoms with Gasteiger partial charge in [-0.25, -0.2) is 0 Å². The maximum atomic E-state index is 12.5. The SMILES string of the molecule is CCCCCc1ccc(C(=O)Nc2nnc(SCC(=O)c3cccc(OC)c3)s2)cc1. The molecule has 0 saturated carbocycles. The molecule has 3 aromatic rings. The molecule has 162 valence electrons. The standard InChI is InChI=1S/C23H25N3O3S2/c1-3-4-5-7-16-10-12-17(13-11-16)21(28)24-22-25-26-23(31-22)30-15-20(27)18-8-6-9-19(14-18)29-2/h6,8-14H,3-5,7,15H2,1-2H3,(H,24,25,28). The Morgan fingerprint density at radius 3 is 2.61 bits per heavy atom. The van der Waals surface area contributed by atoms with Crippen LogP contribution in [0.4, 0.5) is 5.13 Å². The second-order valence-corrected chi connectivity index (χ2v) is 9.13. The van der Waals surface area contributed by atoms with Crippen LogP contribution in [0.15, 0.2) is 52.9 Å². The van der Waals surface area contributed by atoms with Crippen molar-refractivity contribution in [1.29, 1.82) is 0 Å². The highest BCUT2D eigenvalue weighted by Gasteiger charge is 2.13. The zero-order chi connectivity index (χ0) is 22.1. The quantitative estimate of drug-likeness (QED) is 0.178. The van der Waals surface area contributed by atoms with E-state index >= 15 is 0 Å². The number of ketones is 1. The molecule has 3 rings (SSSR count). The molecule has 1 aromatic heterocycles. The lowest BCUT2D eigenvalue weighted by molar-refractivity contribution is 0.101. The minimum atomic E-state index is -0.222. The second kappa shape index (κ2) is 11.6. The number of nitrogens with zero attached hydrogens (tertiary/aromatic N) is 2. The van der Waals surface area contributed by atoms with Crippen LogP contribution in [0.25, 0.3) is 0 Å². The van der Waals surface area contributed by atoms with Crippen molar-refractivity contribution in [3.05, 3.63) is 65.2 Å². The lowest BCUT2D eigenvalue weighted by atomic mass is 10.1. The number of aromatic nitrogens is 2. The number of methoxy groups -OCH3 is 1. The molecular formula is C23H25N3O3S2. The highest BCUT2D eigenvalue weighted by molar-refractivity contribution is 8.01. The molecule has 2 aromatic carbocycles. The van der Waals surface area contributed by atoms with Crippen LogP contribution in [0, 0.1) is 0 Å². The van der Waals surface area contributed by atoms with Crippen LogP contribution >= 0.6 is 23.1 Å². The van der Waals surface area contributed by atoms with Gasteiger partial charge in [-0.05, 0) is 42.7 Å². The van der Waals surface area contributed by atoms with Crippen molar-refractivity contribution in [2.24, 2.45) is 0 Å². The average Bonchev–Trinajstić information content (AvgIpc) is 3.25. The molecule has 0 bridgehead atoms. The van der Waals surface area contributed by atoms with E-state index in [4.69, 9.17) is 4.74 Å². The number of anilines is 1. The molecule has 31 heavy (non-hydrogen) atoms. The van der Waals surface area contributed by atoms with Gasteiger partial charge in [0.2, 0.25) is 5.13 Å². The zero-order valence-electron chi connectivity index (χ0n) is 17.6. The van der Waals surface area contributed by atoms with E-state index in [0.717, 1.165) is 12.8 Å². The third-order valence-corrected chi connectivity index (χ3v) is 6.60. The number of hydrogen-bond acceptors (Lipinski definition) is 7. The number of thioether (sulfide) groups is 1. The first-order chi connectivity index (χ1) is 15.1. The summed E-state index contributed by atoms with van der Waals surface area (Å²) in [6.45, 7) is 2.18. The van der Waals surface area contributed by atoms with Gasteiger partial charge >= 0.3 is 0 Å². The number of nitrogens with one attached hydrogen (secondary N) is 1. The van der Waals surface area contributed by atoms with Gasteiger partial charge in [0.25, 0.3) is 5.91 Å². The van der Waals surface area contributed by atoms with Crippen LogP contribution < -0.4 is 10.1 Å². The number of carbonyl (C=O) groups excluding carboxylic acids is 2. The van der Waals surface area contributed by atoms with Gasteiger partial charge in [0.05, 0.1) is 12.9 Å². The summed E-state index contributed by atoms with van der Waals surface area (Å²) in [4.78, 5) is 24.8. The molecule has 0 atom stereocenters. The number of rotatable bonds is 11. The summed E-state index contributed by atoms with van der Waals surface area (Å²) >= 11 is 2.54. The van der Waals surface area contributed by atoms with Gasteiger partial charge in [-0.1, -0.05) is 67.1 Å². The summed E-state index contributed by atoms with van der Waals surface area (Å²) in [5.41, 5.74) is 2.40. The number of unbranched alkanes of at least 4 members (excludes halogenated alkanes) is 2. The monoisotopic (exact) mass is 455 g/mol. The van der Waals surface area contributed by atoms with Gasteiger partial charge in [-0.15, -0.1) is 10.2 Å². The maximum absolute atomic E-state index is 12.5. The Balaban J connectivity index is 1.51. The summed E-state index contributed by atoms with van der Waals surface area (Å²) in [7, 11) is 1.57. The number of hydrogen-bond donors (Lipinski definition) is 1. The van der Waals surface area contributed by atoms with Gasteiger partial charge in [-0.3, -0.25) is 14.9 Å².